The number of rotatable bonds is 2. The lowest BCUT2D eigenvalue weighted by molar-refractivity contribution is -0.135. The van der Waals surface area contributed by atoms with E-state index in [9.17, 15) is 9.59 Å². The molecule has 15 heavy (non-hydrogen) atoms. The summed E-state index contributed by atoms with van der Waals surface area (Å²) in [6.45, 7) is 0. The zero-order valence-electron chi connectivity index (χ0n) is 7.94. The van der Waals surface area contributed by atoms with Crippen LogP contribution in [-0.4, -0.2) is 24.2 Å². The Morgan fingerprint density at radius 1 is 1.60 bits per heavy atom. The Hall–Kier alpha value is -1.80. The fraction of sp³-hybridized carbons (Fsp3) is 0.200. The Morgan fingerprint density at radius 2 is 2.33 bits per heavy atom. The SMILES string of the molecule is COC(=O)c1sccc1C#CCC(=O)O. The molecular formula is C10H8O4S. The third-order valence-electron chi connectivity index (χ3n) is 1.50. The van der Waals surface area contributed by atoms with Gasteiger partial charge < -0.3 is 9.84 Å². The van der Waals surface area contributed by atoms with Gasteiger partial charge in [0.25, 0.3) is 0 Å². The fourth-order valence-corrected chi connectivity index (χ4v) is 1.64. The number of carbonyl (C=O) groups is 2. The number of thiophene rings is 1. The lowest BCUT2D eigenvalue weighted by Gasteiger charge is -1.94. The summed E-state index contributed by atoms with van der Waals surface area (Å²) in [6.07, 6.45) is -0.240. The minimum absolute atomic E-state index is 0.240. The van der Waals surface area contributed by atoms with Gasteiger partial charge in [-0.15, -0.1) is 11.3 Å². The molecule has 0 aromatic carbocycles. The number of carboxylic acids is 1. The van der Waals surface area contributed by atoms with Gasteiger partial charge in [0.1, 0.15) is 11.3 Å². The number of carboxylic acid groups (broad SMARTS) is 1. The van der Waals surface area contributed by atoms with Crippen LogP contribution in [0.15, 0.2) is 11.4 Å². The molecule has 0 spiro atoms. The zero-order chi connectivity index (χ0) is 11.3. The molecule has 1 rings (SSSR count). The number of ether oxygens (including phenoxy) is 1. The van der Waals surface area contributed by atoms with E-state index in [1.54, 1.807) is 11.4 Å². The number of aliphatic carboxylic acids is 1. The van der Waals surface area contributed by atoms with Gasteiger partial charge in [-0.25, -0.2) is 4.79 Å². The predicted molar refractivity (Wildman–Crippen MR) is 54.8 cm³/mol. The molecular weight excluding hydrogens is 216 g/mol. The third-order valence-corrected chi connectivity index (χ3v) is 2.39. The van der Waals surface area contributed by atoms with Crippen molar-refractivity contribution in [2.45, 2.75) is 6.42 Å². The van der Waals surface area contributed by atoms with Gasteiger partial charge >= 0.3 is 11.9 Å². The van der Waals surface area contributed by atoms with Crippen molar-refractivity contribution in [1.82, 2.24) is 0 Å². The van der Waals surface area contributed by atoms with E-state index in [0.717, 1.165) is 0 Å². The van der Waals surface area contributed by atoms with Crippen LogP contribution in [0.25, 0.3) is 0 Å². The van der Waals surface area contributed by atoms with Crippen molar-refractivity contribution in [3.8, 4) is 11.8 Å². The largest absolute Gasteiger partial charge is 0.481 e. The molecule has 0 saturated heterocycles. The molecule has 0 amide bonds. The summed E-state index contributed by atoms with van der Waals surface area (Å²) in [5.74, 6) is 3.63. The van der Waals surface area contributed by atoms with E-state index in [1.807, 2.05) is 0 Å². The number of carbonyl (C=O) groups excluding carboxylic acids is 1. The van der Waals surface area contributed by atoms with E-state index >= 15 is 0 Å². The van der Waals surface area contributed by atoms with Crippen LogP contribution in [0.4, 0.5) is 0 Å². The van der Waals surface area contributed by atoms with Crippen molar-refractivity contribution in [2.24, 2.45) is 0 Å². The first-order chi connectivity index (χ1) is 7.15. The minimum atomic E-state index is -0.989. The highest BCUT2D eigenvalue weighted by Crippen LogP contribution is 2.16. The lowest BCUT2D eigenvalue weighted by Crippen LogP contribution is -2.00. The smallest absolute Gasteiger partial charge is 0.349 e. The predicted octanol–water partition coefficient (Wildman–Crippen LogP) is 1.36. The van der Waals surface area contributed by atoms with Crippen molar-refractivity contribution in [3.05, 3.63) is 21.9 Å². The highest BCUT2D eigenvalue weighted by molar-refractivity contribution is 7.12. The zero-order valence-corrected chi connectivity index (χ0v) is 8.76. The van der Waals surface area contributed by atoms with Crippen LogP contribution in [0.1, 0.15) is 21.7 Å². The van der Waals surface area contributed by atoms with Crippen molar-refractivity contribution in [1.29, 1.82) is 0 Å². The molecule has 0 bridgehead atoms. The second kappa shape index (κ2) is 5.17. The maximum Gasteiger partial charge on any atom is 0.349 e. The molecule has 0 aliphatic carbocycles. The molecule has 78 valence electrons. The summed E-state index contributed by atoms with van der Waals surface area (Å²) in [6, 6.07) is 1.66. The Bertz CT molecular complexity index is 436. The highest BCUT2D eigenvalue weighted by atomic mass is 32.1. The molecule has 5 heteroatoms. The normalized spacial score (nSPS) is 8.87. The van der Waals surface area contributed by atoms with Gasteiger partial charge in [0, 0.05) is 5.56 Å². The van der Waals surface area contributed by atoms with Crippen LogP contribution in [0, 0.1) is 11.8 Å². The van der Waals surface area contributed by atoms with Crippen LogP contribution < -0.4 is 0 Å². The number of esters is 1. The van der Waals surface area contributed by atoms with Gasteiger partial charge in [-0.05, 0) is 11.4 Å². The summed E-state index contributed by atoms with van der Waals surface area (Å²) in [7, 11) is 1.29. The minimum Gasteiger partial charge on any atom is -0.481 e. The van der Waals surface area contributed by atoms with Crippen molar-refractivity contribution < 1.29 is 19.4 Å². The average Bonchev–Trinajstić information content (AvgIpc) is 2.64. The van der Waals surface area contributed by atoms with Crippen LogP contribution in [0.2, 0.25) is 0 Å². The third kappa shape index (κ3) is 3.11. The Kier molecular flexibility index (Phi) is 3.89. The topological polar surface area (TPSA) is 63.6 Å². The van der Waals surface area contributed by atoms with E-state index in [0.29, 0.717) is 10.4 Å². The molecule has 0 unspecified atom stereocenters. The summed E-state index contributed by atoms with van der Waals surface area (Å²) in [5, 5.41) is 10.1. The molecule has 0 saturated carbocycles. The van der Waals surface area contributed by atoms with Crippen molar-refractivity contribution in [2.75, 3.05) is 7.11 Å². The second-order valence-electron chi connectivity index (χ2n) is 2.53. The Balaban J connectivity index is 2.85. The summed E-state index contributed by atoms with van der Waals surface area (Å²) in [5.41, 5.74) is 0.508. The average molecular weight is 224 g/mol. The molecule has 4 nitrogen and oxygen atoms in total. The van der Waals surface area contributed by atoms with Crippen LogP contribution >= 0.6 is 11.3 Å². The summed E-state index contributed by atoms with van der Waals surface area (Å²) >= 11 is 1.22. The summed E-state index contributed by atoms with van der Waals surface area (Å²) in [4.78, 5) is 21.8. The molecule has 0 aliphatic rings. The molecule has 0 fully saturated rings. The van der Waals surface area contributed by atoms with E-state index in [1.165, 1.54) is 18.4 Å². The quantitative estimate of drug-likeness (QED) is 0.608. The van der Waals surface area contributed by atoms with Crippen LogP contribution in [0.5, 0.6) is 0 Å². The van der Waals surface area contributed by atoms with Crippen LogP contribution in [-0.2, 0) is 9.53 Å². The fourth-order valence-electron chi connectivity index (χ4n) is 0.874. The van der Waals surface area contributed by atoms with E-state index < -0.39 is 11.9 Å². The number of hydrogen-bond acceptors (Lipinski definition) is 4. The van der Waals surface area contributed by atoms with Gasteiger partial charge in [0.05, 0.1) is 7.11 Å². The maximum absolute atomic E-state index is 11.2. The lowest BCUT2D eigenvalue weighted by atomic mass is 10.2. The van der Waals surface area contributed by atoms with Gasteiger partial charge in [0.15, 0.2) is 0 Å². The highest BCUT2D eigenvalue weighted by Gasteiger charge is 2.11. The number of hydrogen-bond donors (Lipinski definition) is 1. The first-order valence-corrected chi connectivity index (χ1v) is 4.89. The van der Waals surface area contributed by atoms with E-state index in [4.69, 9.17) is 5.11 Å². The van der Waals surface area contributed by atoms with Gasteiger partial charge in [-0.2, -0.15) is 0 Å². The van der Waals surface area contributed by atoms with Crippen LogP contribution in [0.3, 0.4) is 0 Å². The molecule has 0 radical (unpaired) electrons. The summed E-state index contributed by atoms with van der Waals surface area (Å²) < 4.78 is 4.55. The Morgan fingerprint density at radius 3 is 2.93 bits per heavy atom. The van der Waals surface area contributed by atoms with Crippen molar-refractivity contribution >= 4 is 23.3 Å². The van der Waals surface area contributed by atoms with Crippen molar-refractivity contribution in [3.63, 3.8) is 0 Å². The molecule has 1 aromatic rings. The molecule has 1 aromatic heterocycles. The van der Waals surface area contributed by atoms with E-state index in [-0.39, 0.29) is 6.42 Å². The first kappa shape index (κ1) is 11.3. The Labute approximate surface area is 90.5 Å². The second-order valence-corrected chi connectivity index (χ2v) is 3.44. The first-order valence-electron chi connectivity index (χ1n) is 4.01. The number of methoxy groups -OCH3 is 1. The standard InChI is InChI=1S/C10H8O4S/c1-14-10(13)9-7(5-6-15-9)3-2-4-8(11)12/h5-6H,4H2,1H3,(H,11,12). The maximum atomic E-state index is 11.2. The van der Waals surface area contributed by atoms with Gasteiger partial charge in [-0.3, -0.25) is 4.79 Å². The van der Waals surface area contributed by atoms with Gasteiger partial charge in [-0.1, -0.05) is 11.8 Å². The molecule has 0 atom stereocenters. The van der Waals surface area contributed by atoms with E-state index in [2.05, 4.69) is 16.6 Å². The van der Waals surface area contributed by atoms with Gasteiger partial charge in [0.2, 0.25) is 0 Å². The molecule has 0 aliphatic heterocycles. The molecule has 1 N–H and O–H groups in total. The molecule has 1 heterocycles. The monoisotopic (exact) mass is 224 g/mol.